The van der Waals surface area contributed by atoms with Gasteiger partial charge in [-0.05, 0) is 33.7 Å². The van der Waals surface area contributed by atoms with E-state index < -0.39 is 5.54 Å². The maximum atomic E-state index is 11.5. The van der Waals surface area contributed by atoms with Crippen LogP contribution < -0.4 is 11.1 Å². The van der Waals surface area contributed by atoms with E-state index in [2.05, 4.69) is 21.8 Å². The zero-order valence-corrected chi connectivity index (χ0v) is 11.0. The van der Waals surface area contributed by atoms with E-state index in [0.717, 1.165) is 12.4 Å². The van der Waals surface area contributed by atoms with Crippen molar-refractivity contribution in [1.29, 1.82) is 0 Å². The van der Waals surface area contributed by atoms with Crippen molar-refractivity contribution in [3.8, 4) is 0 Å². The molecule has 0 fully saturated rings. The van der Waals surface area contributed by atoms with Gasteiger partial charge in [0.1, 0.15) is 5.82 Å². The SMILES string of the molecule is CCNC(C)(CC(C)n1ccnc1C)C(N)=O. The zero-order chi connectivity index (χ0) is 13.1. The summed E-state index contributed by atoms with van der Waals surface area (Å²) in [5.41, 5.74) is 4.79. The quantitative estimate of drug-likeness (QED) is 0.776. The molecule has 1 aromatic rings. The van der Waals surface area contributed by atoms with Gasteiger partial charge in [0.25, 0.3) is 0 Å². The average molecular weight is 238 g/mol. The van der Waals surface area contributed by atoms with Crippen LogP contribution in [-0.4, -0.2) is 27.5 Å². The van der Waals surface area contributed by atoms with Gasteiger partial charge in [0.2, 0.25) is 5.91 Å². The number of likely N-dealkylation sites (N-methyl/N-ethyl adjacent to an activating group) is 1. The van der Waals surface area contributed by atoms with Crippen LogP contribution in [0.15, 0.2) is 12.4 Å². The van der Waals surface area contributed by atoms with Crippen molar-refractivity contribution < 1.29 is 4.79 Å². The molecule has 0 aliphatic rings. The lowest BCUT2D eigenvalue weighted by Gasteiger charge is -2.30. The lowest BCUT2D eigenvalue weighted by Crippen LogP contribution is -2.54. The van der Waals surface area contributed by atoms with E-state index in [1.54, 1.807) is 6.20 Å². The number of rotatable bonds is 6. The van der Waals surface area contributed by atoms with Gasteiger partial charge in [-0.15, -0.1) is 0 Å². The first-order chi connectivity index (χ1) is 7.90. The lowest BCUT2D eigenvalue weighted by atomic mass is 9.92. The fourth-order valence-electron chi connectivity index (χ4n) is 2.19. The van der Waals surface area contributed by atoms with E-state index in [9.17, 15) is 4.79 Å². The molecule has 2 unspecified atom stereocenters. The number of aromatic nitrogens is 2. The molecule has 0 aromatic carbocycles. The van der Waals surface area contributed by atoms with E-state index in [0.29, 0.717) is 6.42 Å². The molecule has 0 aliphatic heterocycles. The third-order valence-electron chi connectivity index (χ3n) is 3.15. The van der Waals surface area contributed by atoms with E-state index in [1.165, 1.54) is 0 Å². The van der Waals surface area contributed by atoms with Gasteiger partial charge in [0.15, 0.2) is 0 Å². The van der Waals surface area contributed by atoms with Gasteiger partial charge >= 0.3 is 0 Å². The van der Waals surface area contributed by atoms with Crippen molar-refractivity contribution in [1.82, 2.24) is 14.9 Å². The molecule has 2 atom stereocenters. The summed E-state index contributed by atoms with van der Waals surface area (Å²) in [5, 5.41) is 3.16. The number of nitrogens with one attached hydrogen (secondary N) is 1. The number of amides is 1. The van der Waals surface area contributed by atoms with Crippen molar-refractivity contribution in [3.63, 3.8) is 0 Å². The highest BCUT2D eigenvalue weighted by Gasteiger charge is 2.32. The van der Waals surface area contributed by atoms with Crippen LogP contribution >= 0.6 is 0 Å². The van der Waals surface area contributed by atoms with Gasteiger partial charge in [-0.3, -0.25) is 4.79 Å². The van der Waals surface area contributed by atoms with Crippen LogP contribution in [-0.2, 0) is 4.79 Å². The van der Waals surface area contributed by atoms with Crippen LogP contribution in [0.4, 0.5) is 0 Å². The van der Waals surface area contributed by atoms with Crippen LogP contribution in [0.3, 0.4) is 0 Å². The number of carbonyl (C=O) groups is 1. The summed E-state index contributed by atoms with van der Waals surface area (Å²) in [6, 6.07) is 0.175. The summed E-state index contributed by atoms with van der Waals surface area (Å²) >= 11 is 0. The van der Waals surface area contributed by atoms with E-state index in [1.807, 2.05) is 27.0 Å². The summed E-state index contributed by atoms with van der Waals surface area (Å²) in [4.78, 5) is 15.7. The minimum absolute atomic E-state index is 0.175. The van der Waals surface area contributed by atoms with Crippen LogP contribution in [0, 0.1) is 6.92 Å². The Morgan fingerprint density at radius 1 is 1.71 bits per heavy atom. The summed E-state index contributed by atoms with van der Waals surface area (Å²) in [5.74, 6) is 0.629. The molecule has 0 saturated heterocycles. The third kappa shape index (κ3) is 3.06. The molecule has 1 rings (SSSR count). The molecular formula is C12H22N4O. The minimum Gasteiger partial charge on any atom is -0.368 e. The predicted octanol–water partition coefficient (Wildman–Crippen LogP) is 0.996. The summed E-state index contributed by atoms with van der Waals surface area (Å²) < 4.78 is 2.05. The van der Waals surface area contributed by atoms with E-state index in [-0.39, 0.29) is 11.9 Å². The number of nitrogens with two attached hydrogens (primary N) is 1. The van der Waals surface area contributed by atoms with Gasteiger partial charge in [0, 0.05) is 18.4 Å². The highest BCUT2D eigenvalue weighted by Crippen LogP contribution is 2.21. The van der Waals surface area contributed by atoms with Crippen molar-refractivity contribution >= 4 is 5.91 Å². The highest BCUT2D eigenvalue weighted by molar-refractivity contribution is 5.84. The molecule has 5 heteroatoms. The Bertz CT molecular complexity index is 388. The molecule has 0 saturated carbocycles. The first kappa shape index (κ1) is 13.7. The van der Waals surface area contributed by atoms with Gasteiger partial charge in [-0.1, -0.05) is 6.92 Å². The van der Waals surface area contributed by atoms with Gasteiger partial charge in [0.05, 0.1) is 5.54 Å². The molecule has 5 nitrogen and oxygen atoms in total. The number of hydrogen-bond acceptors (Lipinski definition) is 3. The van der Waals surface area contributed by atoms with Gasteiger partial charge in [-0.2, -0.15) is 0 Å². The van der Waals surface area contributed by atoms with Gasteiger partial charge in [-0.25, -0.2) is 4.98 Å². The molecule has 96 valence electrons. The zero-order valence-electron chi connectivity index (χ0n) is 11.0. The second-order valence-corrected chi connectivity index (χ2v) is 4.66. The molecule has 1 amide bonds. The number of hydrogen-bond donors (Lipinski definition) is 2. The fourth-order valence-corrected chi connectivity index (χ4v) is 2.19. The predicted molar refractivity (Wildman–Crippen MR) is 67.6 cm³/mol. The van der Waals surface area contributed by atoms with Gasteiger partial charge < -0.3 is 15.6 Å². The molecule has 3 N–H and O–H groups in total. The maximum Gasteiger partial charge on any atom is 0.237 e. The molecule has 0 bridgehead atoms. The molecule has 1 aromatic heterocycles. The topological polar surface area (TPSA) is 72.9 Å². The van der Waals surface area contributed by atoms with E-state index >= 15 is 0 Å². The van der Waals surface area contributed by atoms with Crippen LogP contribution in [0.1, 0.15) is 39.1 Å². The standard InChI is InChI=1S/C12H22N4O/c1-5-15-12(4,11(13)17)8-9(2)16-7-6-14-10(16)3/h6-7,9,15H,5,8H2,1-4H3,(H2,13,17). The van der Waals surface area contributed by atoms with Crippen molar-refractivity contribution in [2.45, 2.75) is 45.7 Å². The lowest BCUT2D eigenvalue weighted by molar-refractivity contribution is -0.124. The first-order valence-electron chi connectivity index (χ1n) is 5.95. The Hall–Kier alpha value is -1.36. The number of primary amides is 1. The van der Waals surface area contributed by atoms with E-state index in [4.69, 9.17) is 5.73 Å². The Balaban J connectivity index is 2.81. The molecule has 0 aliphatic carbocycles. The number of imidazole rings is 1. The Kier molecular flexibility index (Phi) is 4.28. The van der Waals surface area contributed by atoms with Crippen molar-refractivity contribution in [2.75, 3.05) is 6.54 Å². The fraction of sp³-hybridized carbons (Fsp3) is 0.667. The summed E-state index contributed by atoms with van der Waals surface area (Å²) in [6.07, 6.45) is 4.33. The molecule has 0 spiro atoms. The second kappa shape index (κ2) is 5.31. The summed E-state index contributed by atoms with van der Waals surface area (Å²) in [7, 11) is 0. The Morgan fingerprint density at radius 2 is 2.35 bits per heavy atom. The Morgan fingerprint density at radius 3 is 2.76 bits per heavy atom. The largest absolute Gasteiger partial charge is 0.368 e. The van der Waals surface area contributed by atoms with Crippen molar-refractivity contribution in [2.24, 2.45) is 5.73 Å². The monoisotopic (exact) mass is 238 g/mol. The highest BCUT2D eigenvalue weighted by atomic mass is 16.1. The smallest absolute Gasteiger partial charge is 0.237 e. The van der Waals surface area contributed by atoms with Crippen LogP contribution in [0.2, 0.25) is 0 Å². The molecular weight excluding hydrogens is 216 g/mol. The van der Waals surface area contributed by atoms with Crippen LogP contribution in [0.25, 0.3) is 0 Å². The number of carbonyl (C=O) groups excluding carboxylic acids is 1. The minimum atomic E-state index is -0.676. The average Bonchev–Trinajstić information content (AvgIpc) is 2.64. The number of aryl methyl sites for hydroxylation is 1. The molecule has 0 radical (unpaired) electrons. The molecule has 17 heavy (non-hydrogen) atoms. The molecule has 1 heterocycles. The normalized spacial score (nSPS) is 16.5. The van der Waals surface area contributed by atoms with Crippen molar-refractivity contribution in [3.05, 3.63) is 18.2 Å². The van der Waals surface area contributed by atoms with Crippen LogP contribution in [0.5, 0.6) is 0 Å². The Labute approximate surface area is 102 Å². The number of nitrogens with zero attached hydrogens (tertiary/aromatic N) is 2. The second-order valence-electron chi connectivity index (χ2n) is 4.66. The maximum absolute atomic E-state index is 11.5. The third-order valence-corrected chi connectivity index (χ3v) is 3.15. The summed E-state index contributed by atoms with van der Waals surface area (Å²) in [6.45, 7) is 8.55. The first-order valence-corrected chi connectivity index (χ1v) is 5.95.